The highest BCUT2D eigenvalue weighted by Gasteiger charge is 2.20. The van der Waals surface area contributed by atoms with E-state index in [0.29, 0.717) is 23.7 Å². The molecule has 1 aromatic heterocycles. The number of hydrogen-bond donors (Lipinski definition) is 2. The molecular formula is C34H38N4O4. The molecule has 4 aromatic rings. The lowest BCUT2D eigenvalue weighted by Crippen LogP contribution is -2.38. The smallest absolute Gasteiger partial charge is 0.305 e. The van der Waals surface area contributed by atoms with Crippen molar-refractivity contribution in [2.75, 3.05) is 18.0 Å². The lowest BCUT2D eigenvalue weighted by Gasteiger charge is -2.28. The van der Waals surface area contributed by atoms with Crippen molar-refractivity contribution in [1.82, 2.24) is 15.5 Å². The van der Waals surface area contributed by atoms with Gasteiger partial charge in [-0.2, -0.15) is 4.98 Å². The van der Waals surface area contributed by atoms with E-state index >= 15 is 0 Å². The molecule has 0 saturated carbocycles. The van der Waals surface area contributed by atoms with Gasteiger partial charge in [0.2, 0.25) is 5.82 Å². The van der Waals surface area contributed by atoms with Crippen LogP contribution < -0.4 is 10.2 Å². The third kappa shape index (κ3) is 7.24. The fourth-order valence-corrected chi connectivity index (χ4v) is 5.27. The molecule has 2 N–H and O–H groups in total. The molecule has 1 fully saturated rings. The highest BCUT2D eigenvalue weighted by molar-refractivity contribution is 5.94. The summed E-state index contributed by atoms with van der Waals surface area (Å²) in [5.74, 6) is -0.324. The molecule has 8 nitrogen and oxygen atoms in total. The molecular weight excluding hydrogens is 528 g/mol. The van der Waals surface area contributed by atoms with Crippen molar-refractivity contribution in [3.8, 4) is 22.8 Å². The maximum absolute atomic E-state index is 12.9. The molecule has 2 heterocycles. The maximum Gasteiger partial charge on any atom is 0.305 e. The zero-order valence-electron chi connectivity index (χ0n) is 24.5. The fourth-order valence-electron chi connectivity index (χ4n) is 5.27. The van der Waals surface area contributed by atoms with E-state index in [1.807, 2.05) is 48.5 Å². The minimum Gasteiger partial charge on any atom is -0.481 e. The molecule has 1 unspecified atom stereocenters. The Hall–Kier alpha value is -4.46. The summed E-state index contributed by atoms with van der Waals surface area (Å²) in [6, 6.07) is 22.7. The molecule has 1 aliphatic heterocycles. The fraction of sp³-hybridized carbons (Fsp3) is 0.353. The first-order chi connectivity index (χ1) is 20.2. The molecule has 8 heteroatoms. The van der Waals surface area contributed by atoms with E-state index in [1.165, 1.54) is 24.9 Å². The number of anilines is 1. The van der Waals surface area contributed by atoms with Crippen molar-refractivity contribution in [3.05, 3.63) is 89.5 Å². The van der Waals surface area contributed by atoms with Crippen LogP contribution in [0.25, 0.3) is 22.8 Å². The number of nitrogens with zero attached hydrogens (tertiary/aromatic N) is 3. The van der Waals surface area contributed by atoms with E-state index in [4.69, 9.17) is 4.52 Å². The summed E-state index contributed by atoms with van der Waals surface area (Å²) in [6.07, 6.45) is 3.95. The van der Waals surface area contributed by atoms with Gasteiger partial charge in [-0.15, -0.1) is 0 Å². The second-order valence-electron chi connectivity index (χ2n) is 12.0. The molecule has 0 aliphatic carbocycles. The number of aromatic nitrogens is 2. The Balaban J connectivity index is 1.23. The number of amides is 1. The Kier molecular flexibility index (Phi) is 8.71. The molecule has 1 atom stereocenters. The van der Waals surface area contributed by atoms with Crippen LogP contribution in [0, 0.1) is 0 Å². The van der Waals surface area contributed by atoms with Crippen LogP contribution in [-0.2, 0) is 16.6 Å². The van der Waals surface area contributed by atoms with Crippen LogP contribution in [0.5, 0.6) is 0 Å². The molecule has 0 bridgehead atoms. The summed E-state index contributed by atoms with van der Waals surface area (Å²) in [6.45, 7) is 8.52. The molecule has 1 aliphatic rings. The van der Waals surface area contributed by atoms with Crippen LogP contribution in [0.2, 0.25) is 0 Å². The SMILES string of the molecule is CC(C)(C)c1ccc(C(=O)NC(CC(=O)O)Cc2ccc(-c3noc(-c4ccc(N5CCCCC5)cc4)n3)cc2)cc1. The highest BCUT2D eigenvalue weighted by Crippen LogP contribution is 2.27. The molecule has 218 valence electrons. The van der Waals surface area contributed by atoms with Gasteiger partial charge in [-0.1, -0.05) is 62.3 Å². The van der Waals surface area contributed by atoms with E-state index in [1.54, 1.807) is 12.1 Å². The molecule has 1 amide bonds. The van der Waals surface area contributed by atoms with Gasteiger partial charge in [0.05, 0.1) is 6.42 Å². The number of aliphatic carboxylic acids is 1. The number of benzene rings is 3. The Morgan fingerprint density at radius 2 is 1.55 bits per heavy atom. The first-order valence-electron chi connectivity index (χ1n) is 14.6. The van der Waals surface area contributed by atoms with Gasteiger partial charge in [0.15, 0.2) is 0 Å². The number of carbonyl (C=O) groups is 2. The number of carboxylic acid groups (broad SMARTS) is 1. The predicted molar refractivity (Wildman–Crippen MR) is 164 cm³/mol. The van der Waals surface area contributed by atoms with Crippen molar-refractivity contribution in [2.24, 2.45) is 0 Å². The van der Waals surface area contributed by atoms with Gasteiger partial charge < -0.3 is 19.8 Å². The number of rotatable bonds is 9. The summed E-state index contributed by atoms with van der Waals surface area (Å²) in [5, 5.41) is 16.5. The summed E-state index contributed by atoms with van der Waals surface area (Å²) >= 11 is 0. The molecule has 42 heavy (non-hydrogen) atoms. The van der Waals surface area contributed by atoms with Crippen molar-refractivity contribution in [1.29, 1.82) is 0 Å². The van der Waals surface area contributed by atoms with Crippen LogP contribution in [0.15, 0.2) is 77.3 Å². The average molecular weight is 567 g/mol. The standard InChI is InChI=1S/C34H38N4O4/c1-34(2,3)27-15-11-25(12-16-27)32(41)35-28(22-30(39)40)21-23-7-9-24(10-8-23)31-36-33(42-37-31)26-13-17-29(18-14-26)38-19-5-4-6-20-38/h7-18,28H,4-6,19-22H2,1-3H3,(H,35,41)(H,39,40). The largest absolute Gasteiger partial charge is 0.481 e. The summed E-state index contributed by atoms with van der Waals surface area (Å²) < 4.78 is 5.55. The second kappa shape index (κ2) is 12.6. The number of hydrogen-bond acceptors (Lipinski definition) is 6. The van der Waals surface area contributed by atoms with Crippen molar-refractivity contribution in [2.45, 2.75) is 64.3 Å². The first kappa shape index (κ1) is 29.0. The number of piperidine rings is 1. The van der Waals surface area contributed by atoms with Crippen LogP contribution >= 0.6 is 0 Å². The Morgan fingerprint density at radius 1 is 0.905 bits per heavy atom. The maximum atomic E-state index is 12.9. The van der Waals surface area contributed by atoms with Crippen LogP contribution in [-0.4, -0.2) is 46.3 Å². The van der Waals surface area contributed by atoms with E-state index < -0.39 is 12.0 Å². The van der Waals surface area contributed by atoms with Gasteiger partial charge >= 0.3 is 5.97 Å². The highest BCUT2D eigenvalue weighted by atomic mass is 16.5. The van der Waals surface area contributed by atoms with Crippen molar-refractivity contribution >= 4 is 17.6 Å². The van der Waals surface area contributed by atoms with E-state index in [0.717, 1.165) is 35.3 Å². The van der Waals surface area contributed by atoms with Crippen molar-refractivity contribution < 1.29 is 19.2 Å². The Bertz CT molecular complexity index is 1500. The summed E-state index contributed by atoms with van der Waals surface area (Å²) in [5.41, 5.74) is 5.37. The lowest BCUT2D eigenvalue weighted by atomic mass is 9.86. The zero-order chi connectivity index (χ0) is 29.7. The second-order valence-corrected chi connectivity index (χ2v) is 12.0. The molecule has 0 spiro atoms. The van der Waals surface area contributed by atoms with E-state index in [2.05, 4.69) is 53.3 Å². The Morgan fingerprint density at radius 3 is 2.17 bits per heavy atom. The minimum absolute atomic E-state index is 0.0195. The van der Waals surface area contributed by atoms with Gasteiger partial charge in [-0.25, -0.2) is 0 Å². The number of nitrogens with one attached hydrogen (secondary N) is 1. The molecule has 1 saturated heterocycles. The summed E-state index contributed by atoms with van der Waals surface area (Å²) in [7, 11) is 0. The van der Waals surface area contributed by atoms with Gasteiger partial charge in [-0.3, -0.25) is 9.59 Å². The molecule has 5 rings (SSSR count). The van der Waals surface area contributed by atoms with Crippen molar-refractivity contribution in [3.63, 3.8) is 0 Å². The quantitative estimate of drug-likeness (QED) is 0.238. The van der Waals surface area contributed by atoms with E-state index in [9.17, 15) is 14.7 Å². The van der Waals surface area contributed by atoms with Crippen LogP contribution in [0.3, 0.4) is 0 Å². The number of carboxylic acids is 1. The third-order valence-electron chi connectivity index (χ3n) is 7.73. The van der Waals surface area contributed by atoms with Gasteiger partial charge in [-0.05, 0) is 78.6 Å². The van der Waals surface area contributed by atoms with Crippen LogP contribution in [0.1, 0.15) is 67.9 Å². The molecule has 0 radical (unpaired) electrons. The van der Waals surface area contributed by atoms with Gasteiger partial charge in [0, 0.05) is 41.5 Å². The Labute approximate surface area is 246 Å². The first-order valence-corrected chi connectivity index (χ1v) is 14.6. The predicted octanol–water partition coefficient (Wildman–Crippen LogP) is 6.51. The summed E-state index contributed by atoms with van der Waals surface area (Å²) in [4.78, 5) is 31.5. The minimum atomic E-state index is -0.969. The van der Waals surface area contributed by atoms with Crippen LogP contribution in [0.4, 0.5) is 5.69 Å². The monoisotopic (exact) mass is 566 g/mol. The topological polar surface area (TPSA) is 109 Å². The average Bonchev–Trinajstić information content (AvgIpc) is 3.48. The lowest BCUT2D eigenvalue weighted by molar-refractivity contribution is -0.137. The third-order valence-corrected chi connectivity index (χ3v) is 7.73. The molecule has 3 aromatic carbocycles. The number of carbonyl (C=O) groups excluding carboxylic acids is 1. The normalized spacial score (nSPS) is 14.4. The van der Waals surface area contributed by atoms with Gasteiger partial charge in [0.1, 0.15) is 0 Å². The zero-order valence-corrected chi connectivity index (χ0v) is 24.5. The van der Waals surface area contributed by atoms with Gasteiger partial charge in [0.25, 0.3) is 11.8 Å². The van der Waals surface area contributed by atoms with E-state index in [-0.39, 0.29) is 17.7 Å².